The summed E-state index contributed by atoms with van der Waals surface area (Å²) in [6, 6.07) is 135. The Morgan fingerprint density at radius 2 is 0.462 bits per heavy atom. The van der Waals surface area contributed by atoms with Crippen LogP contribution in [0.1, 0.15) is 7.43 Å². The molecule has 0 aliphatic carbocycles. The average molecular weight is 1530 g/mol. The Hall–Kier alpha value is -16.0. The number of benzene rings is 16. The first-order valence-electron chi connectivity index (χ1n) is 39.4. The van der Waals surface area contributed by atoms with Crippen LogP contribution in [0.4, 0.5) is 0 Å². The highest BCUT2D eigenvalue weighted by atomic mass is 16.3. The molecule has 0 spiro atoms. The highest BCUT2D eigenvalue weighted by Crippen LogP contribution is 2.43. The molecule has 8 heterocycles. The fourth-order valence-electron chi connectivity index (χ4n) is 16.4. The molecule has 0 atom stereocenters. The van der Waals surface area contributed by atoms with E-state index in [1.165, 1.54) is 0 Å². The Bertz CT molecular complexity index is 8030. The van der Waals surface area contributed by atoms with Gasteiger partial charge in [-0.2, -0.15) is 0 Å². The van der Waals surface area contributed by atoms with E-state index in [1.54, 1.807) is 0 Å². The first-order chi connectivity index (χ1) is 58.4. The Labute approximate surface area is 683 Å². The average Bonchev–Trinajstić information content (AvgIpc) is 1.68. The number of para-hydroxylation sites is 6. The van der Waals surface area contributed by atoms with Crippen LogP contribution in [0.25, 0.3) is 233 Å². The van der Waals surface area contributed by atoms with Crippen molar-refractivity contribution in [1.29, 1.82) is 0 Å². The van der Waals surface area contributed by atoms with Gasteiger partial charge >= 0.3 is 0 Å². The lowest BCUT2D eigenvalue weighted by molar-refractivity contribution is 0.668. The largest absolute Gasteiger partial charge is 0.456 e. The minimum absolute atomic E-state index is 0. The molecule has 560 valence electrons. The van der Waals surface area contributed by atoms with Crippen LogP contribution in [0.15, 0.2) is 418 Å². The topological polar surface area (TPSA) is 130 Å². The van der Waals surface area contributed by atoms with Crippen LogP contribution in [0.3, 0.4) is 0 Å². The molecule has 0 saturated heterocycles. The quantitative estimate of drug-likeness (QED) is 0.130. The van der Waals surface area contributed by atoms with E-state index < -0.39 is 0 Å². The second-order valence-electron chi connectivity index (χ2n) is 29.5. The SMILES string of the molecule is C.c1cc(-c2ccc3c(c2)oc2ccccc23)cc(-c2nc3ccccc3nc2-c2ccc3oc4ccccc4c3c2)c1.c1ccc(-c2nc(-c3cccc(-c4ccc5c(c4)oc4ccccc45)c3)cc3ncccc23)cc1.c1ccc(-c2nc3ccc(-c4cccc(-c5ccc6c(c5)oc5ccccc56)c4)cc3nc2-c2ccccc2)cc1. The summed E-state index contributed by atoms with van der Waals surface area (Å²) in [6.45, 7) is 0. The lowest BCUT2D eigenvalue weighted by atomic mass is 9.97. The van der Waals surface area contributed by atoms with E-state index in [4.69, 9.17) is 42.6 Å². The predicted octanol–water partition coefficient (Wildman–Crippen LogP) is 29.8. The van der Waals surface area contributed by atoms with E-state index in [2.05, 4.69) is 236 Å². The van der Waals surface area contributed by atoms with Crippen LogP contribution < -0.4 is 0 Å². The monoisotopic (exact) mass is 1530 g/mol. The molecular weight excluding hydrogens is 1460 g/mol. The minimum Gasteiger partial charge on any atom is -0.456 e. The van der Waals surface area contributed by atoms with E-state index in [9.17, 15) is 0 Å². The van der Waals surface area contributed by atoms with Gasteiger partial charge in [-0.3, -0.25) is 4.98 Å². The Morgan fingerprint density at radius 1 is 0.151 bits per heavy atom. The molecule has 24 aromatic rings. The summed E-state index contributed by atoms with van der Waals surface area (Å²) < 4.78 is 24.6. The van der Waals surface area contributed by atoms with Gasteiger partial charge in [-0.1, -0.05) is 262 Å². The predicted molar refractivity (Wildman–Crippen MR) is 489 cm³/mol. The van der Waals surface area contributed by atoms with Gasteiger partial charge in [0.05, 0.1) is 61.7 Å². The molecule has 10 heteroatoms. The zero-order chi connectivity index (χ0) is 78.0. The zero-order valence-electron chi connectivity index (χ0n) is 63.4. The van der Waals surface area contributed by atoms with Crippen molar-refractivity contribution in [1.82, 2.24) is 29.9 Å². The van der Waals surface area contributed by atoms with E-state index in [-0.39, 0.29) is 7.43 Å². The second-order valence-corrected chi connectivity index (χ2v) is 29.5. The number of hydrogen-bond acceptors (Lipinski definition) is 10. The third kappa shape index (κ3) is 13.3. The van der Waals surface area contributed by atoms with E-state index in [0.717, 1.165) is 233 Å². The van der Waals surface area contributed by atoms with Gasteiger partial charge in [0.25, 0.3) is 0 Å². The number of furan rings is 4. The molecule has 119 heavy (non-hydrogen) atoms. The molecule has 8 aromatic heterocycles. The molecule has 0 radical (unpaired) electrons. The summed E-state index contributed by atoms with van der Waals surface area (Å²) in [7, 11) is 0. The van der Waals surface area contributed by atoms with Crippen molar-refractivity contribution in [3.63, 3.8) is 0 Å². The summed E-state index contributed by atoms with van der Waals surface area (Å²) in [5, 5.41) is 10.0. The van der Waals surface area contributed by atoms with E-state index in [1.807, 2.05) is 170 Å². The number of rotatable bonds is 10. The van der Waals surface area contributed by atoms with Crippen LogP contribution in [0, 0.1) is 0 Å². The third-order valence-electron chi connectivity index (χ3n) is 22.3. The maximum atomic E-state index is 6.18. The number of nitrogens with zero attached hydrogens (tertiary/aromatic N) is 6. The second kappa shape index (κ2) is 30.1. The standard InChI is InChI=1S/C38H22N2O2.C38H24N2O.C32H20N2O.CH4/c1-5-14-33-27(10-1)29-18-16-24(22-36(29)42-33)23-8-7-9-25(20-23)37-38(40-32-13-4-3-12-31(32)39-37)26-17-19-35-30(21-26)28-11-2-6-15-34(28)41-35;1-3-10-25(11-4-1)37-38(26-12-5-2-6-13-26)40-34-23-29(19-21-33(34)39-37)27-14-9-15-28(22-27)30-18-20-32-31-16-7-8-17-35(31)41-36(32)24-30;1-2-8-21(9-3-1)32-27-13-7-17-33-29(27)20-28(34-32)24-11-6-10-22(18-24)23-15-16-26-25-12-4-5-14-30(25)35-31(26)19-23;/h1-22H;1-24H;1-20H;1H4. The molecular formula is C109H70N6O4. The summed E-state index contributed by atoms with van der Waals surface area (Å²) in [6.07, 6.45) is 1.83. The van der Waals surface area contributed by atoms with Gasteiger partial charge in [-0.05, 0) is 184 Å². The van der Waals surface area contributed by atoms with E-state index in [0.29, 0.717) is 0 Å². The lowest BCUT2D eigenvalue weighted by Gasteiger charge is -2.12. The Kier molecular flexibility index (Phi) is 17.9. The van der Waals surface area contributed by atoms with Crippen molar-refractivity contribution < 1.29 is 17.7 Å². The molecule has 0 bridgehead atoms. The van der Waals surface area contributed by atoms with Gasteiger partial charge in [0.1, 0.15) is 44.7 Å². The molecule has 24 rings (SSSR count). The molecule has 16 aromatic carbocycles. The van der Waals surface area contributed by atoms with Crippen molar-refractivity contribution in [2.75, 3.05) is 0 Å². The summed E-state index contributed by atoms with van der Waals surface area (Å²) >= 11 is 0. The van der Waals surface area contributed by atoms with Crippen LogP contribution in [-0.4, -0.2) is 29.9 Å². The first-order valence-corrected chi connectivity index (χ1v) is 39.4. The molecule has 0 N–H and O–H groups in total. The minimum atomic E-state index is 0. The number of aromatic nitrogens is 6. The molecule has 0 unspecified atom stereocenters. The lowest BCUT2D eigenvalue weighted by Crippen LogP contribution is -1.95. The fraction of sp³-hybridized carbons (Fsp3) is 0.00917. The van der Waals surface area contributed by atoms with Crippen LogP contribution in [-0.2, 0) is 0 Å². The molecule has 0 aliphatic rings. The third-order valence-corrected chi connectivity index (χ3v) is 22.3. The first kappa shape index (κ1) is 70.8. The summed E-state index contributed by atoms with van der Waals surface area (Å²) in [4.78, 5) is 30.3. The smallest absolute Gasteiger partial charge is 0.136 e. The maximum Gasteiger partial charge on any atom is 0.136 e. The highest BCUT2D eigenvalue weighted by Gasteiger charge is 2.21. The fourth-order valence-corrected chi connectivity index (χ4v) is 16.4. The van der Waals surface area contributed by atoms with Crippen molar-refractivity contribution in [2.24, 2.45) is 0 Å². The normalized spacial score (nSPS) is 11.5. The van der Waals surface area contributed by atoms with Gasteiger partial charge in [0.2, 0.25) is 0 Å². The maximum absolute atomic E-state index is 6.18. The van der Waals surface area contributed by atoms with Crippen LogP contribution in [0.2, 0.25) is 0 Å². The molecule has 0 amide bonds. The summed E-state index contributed by atoms with van der Waals surface area (Å²) in [5.74, 6) is 0. The van der Waals surface area contributed by atoms with Crippen molar-refractivity contribution >= 4 is 121 Å². The van der Waals surface area contributed by atoms with E-state index >= 15 is 0 Å². The number of fused-ring (bicyclic) bond motifs is 15. The molecule has 10 nitrogen and oxygen atoms in total. The van der Waals surface area contributed by atoms with Crippen LogP contribution in [0.5, 0.6) is 0 Å². The van der Waals surface area contributed by atoms with Crippen molar-refractivity contribution in [2.45, 2.75) is 7.43 Å². The Morgan fingerprint density at radius 3 is 0.958 bits per heavy atom. The molecule has 0 aliphatic heterocycles. The number of pyridine rings is 2. The van der Waals surface area contributed by atoms with Crippen LogP contribution >= 0.6 is 0 Å². The highest BCUT2D eigenvalue weighted by molar-refractivity contribution is 6.10. The zero-order valence-corrected chi connectivity index (χ0v) is 63.4. The van der Waals surface area contributed by atoms with Gasteiger partial charge in [0.15, 0.2) is 0 Å². The van der Waals surface area contributed by atoms with Gasteiger partial charge < -0.3 is 17.7 Å². The number of hydrogen-bond donors (Lipinski definition) is 0. The summed E-state index contributed by atoms with van der Waals surface area (Å²) in [5.41, 5.74) is 32.0. The van der Waals surface area contributed by atoms with Crippen molar-refractivity contribution in [3.05, 3.63) is 401 Å². The molecule has 0 fully saturated rings. The van der Waals surface area contributed by atoms with Gasteiger partial charge in [-0.15, -0.1) is 0 Å². The Balaban J connectivity index is 0.000000111. The van der Waals surface area contributed by atoms with Gasteiger partial charge in [-0.25, -0.2) is 24.9 Å². The van der Waals surface area contributed by atoms with Crippen molar-refractivity contribution in [3.8, 4) is 112 Å². The molecule has 0 saturated carbocycles. The van der Waals surface area contributed by atoms with Gasteiger partial charge in [0, 0.05) is 88.1 Å².